The molecule has 0 unspecified atom stereocenters. The third kappa shape index (κ3) is 3.07. The van der Waals surface area contributed by atoms with Crippen molar-refractivity contribution in [2.75, 3.05) is 0 Å². The van der Waals surface area contributed by atoms with Crippen LogP contribution in [0.4, 0.5) is 0 Å². The third-order valence-corrected chi connectivity index (χ3v) is 7.25. The summed E-state index contributed by atoms with van der Waals surface area (Å²) in [5.74, 6) is 0. The molecular formula is C35H24. The van der Waals surface area contributed by atoms with Gasteiger partial charge in [0.2, 0.25) is 0 Å². The van der Waals surface area contributed by atoms with Crippen LogP contribution in [-0.2, 0) is 0 Å². The fourth-order valence-electron chi connectivity index (χ4n) is 5.78. The second-order valence-electron chi connectivity index (χ2n) is 9.41. The zero-order valence-electron chi connectivity index (χ0n) is 19.6. The average Bonchev–Trinajstić information content (AvgIpc) is 3.25. The van der Waals surface area contributed by atoms with Crippen molar-refractivity contribution in [1.29, 1.82) is 0 Å². The summed E-state index contributed by atoms with van der Waals surface area (Å²) in [7, 11) is 0. The number of hydrogen-bond acceptors (Lipinski definition) is 0. The Labute approximate surface area is 206 Å². The summed E-state index contributed by atoms with van der Waals surface area (Å²) in [6.07, 6.45) is 0. The van der Waals surface area contributed by atoms with E-state index < -0.39 is 0 Å². The van der Waals surface area contributed by atoms with Crippen LogP contribution in [0.5, 0.6) is 0 Å². The van der Waals surface area contributed by atoms with Crippen molar-refractivity contribution in [3.63, 3.8) is 0 Å². The van der Waals surface area contributed by atoms with Crippen LogP contribution in [0, 0.1) is 6.92 Å². The van der Waals surface area contributed by atoms with Gasteiger partial charge >= 0.3 is 0 Å². The van der Waals surface area contributed by atoms with Crippen molar-refractivity contribution < 1.29 is 0 Å². The molecule has 0 atom stereocenters. The minimum Gasteiger partial charge on any atom is -0.0622 e. The fraction of sp³-hybridized carbons (Fsp3) is 0.0286. The summed E-state index contributed by atoms with van der Waals surface area (Å²) in [4.78, 5) is 0. The van der Waals surface area contributed by atoms with E-state index in [1.807, 2.05) is 0 Å². The van der Waals surface area contributed by atoms with E-state index in [4.69, 9.17) is 0 Å². The highest BCUT2D eigenvalue weighted by molar-refractivity contribution is 6.22. The Hall–Kier alpha value is -4.42. The van der Waals surface area contributed by atoms with Gasteiger partial charge in [-0.05, 0) is 79.4 Å². The van der Waals surface area contributed by atoms with E-state index in [1.165, 1.54) is 72.0 Å². The SMILES string of the molecule is Cc1cccc(-c2cc(-c3ccccc3)c3c(c2-c2ccccc2)-c2cccc4cccc-3c24)c1. The largest absolute Gasteiger partial charge is 0.0622 e. The molecule has 6 aromatic carbocycles. The summed E-state index contributed by atoms with van der Waals surface area (Å²) >= 11 is 0. The van der Waals surface area contributed by atoms with Crippen molar-refractivity contribution in [2.24, 2.45) is 0 Å². The number of benzene rings is 6. The van der Waals surface area contributed by atoms with Gasteiger partial charge in [-0.25, -0.2) is 0 Å². The lowest BCUT2D eigenvalue weighted by atomic mass is 9.82. The highest BCUT2D eigenvalue weighted by atomic mass is 14.3. The normalized spacial score (nSPS) is 11.6. The Balaban J connectivity index is 1.71. The Morgan fingerprint density at radius 2 is 0.943 bits per heavy atom. The summed E-state index contributed by atoms with van der Waals surface area (Å²) in [5.41, 5.74) is 14.3. The molecule has 0 nitrogen and oxygen atoms in total. The molecule has 0 spiro atoms. The Morgan fingerprint density at radius 3 is 1.63 bits per heavy atom. The van der Waals surface area contributed by atoms with Gasteiger partial charge in [-0.3, -0.25) is 0 Å². The molecule has 0 aromatic heterocycles. The van der Waals surface area contributed by atoms with Gasteiger partial charge in [0.05, 0.1) is 0 Å². The topological polar surface area (TPSA) is 0 Å². The number of aryl methyl sites for hydroxylation is 1. The highest BCUT2D eigenvalue weighted by Crippen LogP contribution is 2.56. The molecule has 0 heteroatoms. The zero-order chi connectivity index (χ0) is 23.4. The maximum atomic E-state index is 2.43. The van der Waals surface area contributed by atoms with E-state index in [0.717, 1.165) is 0 Å². The van der Waals surface area contributed by atoms with E-state index in [1.54, 1.807) is 0 Å². The zero-order valence-corrected chi connectivity index (χ0v) is 19.6. The molecule has 7 rings (SSSR count). The van der Waals surface area contributed by atoms with Crippen molar-refractivity contribution in [3.05, 3.63) is 133 Å². The van der Waals surface area contributed by atoms with Gasteiger partial charge in [0, 0.05) is 0 Å². The summed E-state index contributed by atoms with van der Waals surface area (Å²) < 4.78 is 0. The molecule has 0 amide bonds. The standard InChI is InChI=1S/C35H24/c1-23-11-8-18-27(21-23)31-22-30(24-12-4-2-5-13-24)34-28-19-9-16-25-17-10-20-29(32(25)28)35(34)33(31)26-14-6-3-7-15-26/h2-22H,1H3. The smallest absolute Gasteiger partial charge is 0.000764 e. The number of hydrogen-bond donors (Lipinski definition) is 0. The summed E-state index contributed by atoms with van der Waals surface area (Å²) in [6.45, 7) is 2.17. The lowest BCUT2D eigenvalue weighted by Crippen LogP contribution is -1.94. The quantitative estimate of drug-likeness (QED) is 0.254. The lowest BCUT2D eigenvalue weighted by molar-refractivity contribution is 1.46. The Kier molecular flexibility index (Phi) is 4.47. The van der Waals surface area contributed by atoms with Crippen LogP contribution < -0.4 is 0 Å². The minimum absolute atomic E-state index is 1.25. The van der Waals surface area contributed by atoms with E-state index in [0.29, 0.717) is 0 Å². The fourth-order valence-corrected chi connectivity index (χ4v) is 5.78. The maximum absolute atomic E-state index is 2.43. The number of fused-ring (bicyclic) bond motifs is 3. The lowest BCUT2D eigenvalue weighted by Gasteiger charge is -2.21. The molecule has 0 saturated heterocycles. The first kappa shape index (κ1) is 20.0. The van der Waals surface area contributed by atoms with Crippen molar-refractivity contribution >= 4 is 10.8 Å². The van der Waals surface area contributed by atoms with Crippen LogP contribution in [-0.4, -0.2) is 0 Å². The van der Waals surface area contributed by atoms with Gasteiger partial charge in [0.1, 0.15) is 0 Å². The predicted molar refractivity (Wildman–Crippen MR) is 149 cm³/mol. The van der Waals surface area contributed by atoms with Crippen LogP contribution in [0.3, 0.4) is 0 Å². The first-order chi connectivity index (χ1) is 17.3. The third-order valence-electron chi connectivity index (χ3n) is 7.25. The van der Waals surface area contributed by atoms with Crippen LogP contribution in [0.15, 0.2) is 127 Å². The van der Waals surface area contributed by atoms with Gasteiger partial charge in [0.15, 0.2) is 0 Å². The van der Waals surface area contributed by atoms with E-state index in [-0.39, 0.29) is 0 Å². The molecule has 0 saturated carbocycles. The maximum Gasteiger partial charge on any atom is -0.000764 e. The van der Waals surface area contributed by atoms with Crippen molar-refractivity contribution in [3.8, 4) is 55.6 Å². The van der Waals surface area contributed by atoms with Gasteiger partial charge < -0.3 is 0 Å². The Bertz CT molecular complexity index is 1720. The molecule has 164 valence electrons. The van der Waals surface area contributed by atoms with Crippen molar-refractivity contribution in [2.45, 2.75) is 6.92 Å². The highest BCUT2D eigenvalue weighted by Gasteiger charge is 2.29. The summed E-state index contributed by atoms with van der Waals surface area (Å²) in [6, 6.07) is 46.6. The predicted octanol–water partition coefficient (Wildman–Crippen LogP) is 9.80. The monoisotopic (exact) mass is 444 g/mol. The molecule has 1 aliphatic carbocycles. The molecule has 6 aromatic rings. The first-order valence-electron chi connectivity index (χ1n) is 12.2. The molecule has 0 N–H and O–H groups in total. The molecule has 0 fully saturated rings. The molecular weight excluding hydrogens is 420 g/mol. The average molecular weight is 445 g/mol. The molecule has 0 heterocycles. The number of rotatable bonds is 3. The van der Waals surface area contributed by atoms with Crippen LogP contribution in [0.1, 0.15) is 5.56 Å². The first-order valence-corrected chi connectivity index (χ1v) is 12.2. The molecule has 0 bridgehead atoms. The van der Waals surface area contributed by atoms with Gasteiger partial charge in [-0.2, -0.15) is 0 Å². The summed E-state index contributed by atoms with van der Waals surface area (Å²) in [5, 5.41) is 2.66. The molecule has 0 aliphatic heterocycles. The van der Waals surface area contributed by atoms with Gasteiger partial charge in [0.25, 0.3) is 0 Å². The van der Waals surface area contributed by atoms with Gasteiger partial charge in [-0.15, -0.1) is 0 Å². The van der Waals surface area contributed by atoms with Crippen LogP contribution in [0.2, 0.25) is 0 Å². The molecule has 0 radical (unpaired) electrons. The molecule has 35 heavy (non-hydrogen) atoms. The van der Waals surface area contributed by atoms with Crippen molar-refractivity contribution in [1.82, 2.24) is 0 Å². The van der Waals surface area contributed by atoms with Gasteiger partial charge in [-0.1, -0.05) is 127 Å². The minimum atomic E-state index is 1.25. The van der Waals surface area contributed by atoms with E-state index in [9.17, 15) is 0 Å². The second kappa shape index (κ2) is 7.82. The van der Waals surface area contributed by atoms with Crippen LogP contribution in [0.25, 0.3) is 66.4 Å². The van der Waals surface area contributed by atoms with Crippen LogP contribution >= 0.6 is 0 Å². The van der Waals surface area contributed by atoms with E-state index >= 15 is 0 Å². The Morgan fingerprint density at radius 1 is 0.371 bits per heavy atom. The molecule has 1 aliphatic rings. The second-order valence-corrected chi connectivity index (χ2v) is 9.41. The van der Waals surface area contributed by atoms with E-state index in [2.05, 4.69) is 134 Å².